The van der Waals surface area contributed by atoms with E-state index in [0.29, 0.717) is 0 Å². The summed E-state index contributed by atoms with van der Waals surface area (Å²) < 4.78 is 168. The zero-order valence-electron chi connectivity index (χ0n) is 54.3. The molecule has 0 atom stereocenters. The summed E-state index contributed by atoms with van der Waals surface area (Å²) in [5.41, 5.74) is 0. The van der Waals surface area contributed by atoms with Crippen molar-refractivity contribution in [2.45, 2.75) is 166 Å². The summed E-state index contributed by atoms with van der Waals surface area (Å²) in [7, 11) is 0. The van der Waals surface area contributed by atoms with E-state index in [-0.39, 0.29) is 7.16 Å². The third-order valence-corrected chi connectivity index (χ3v) is 71.0. The van der Waals surface area contributed by atoms with Crippen LogP contribution in [-0.4, -0.2) is 110 Å². The van der Waals surface area contributed by atoms with Crippen LogP contribution in [0.15, 0.2) is 91.0 Å². The molecule has 0 nitrogen and oxygen atoms in total. The maximum absolute atomic E-state index is 13.8. The minimum atomic E-state index is -3.35. The Balaban J connectivity index is 0.000000528. The Morgan fingerprint density at radius 2 is 0.736 bits per heavy atom. The molecule has 0 saturated heterocycles. The van der Waals surface area contributed by atoms with Crippen LogP contribution in [0, 0.1) is 69.8 Å². The van der Waals surface area contributed by atoms with Crippen LogP contribution in [-0.2, 0) is 0 Å². The molecule has 0 amide bonds. The summed E-state index contributed by atoms with van der Waals surface area (Å²) in [5, 5.41) is 2.73. The Hall–Kier alpha value is 0.142. The van der Waals surface area contributed by atoms with Crippen LogP contribution in [0.4, 0.5) is 52.7 Å². The maximum atomic E-state index is 13.8. The summed E-state index contributed by atoms with van der Waals surface area (Å²) in [4.78, 5) is 24.7. The first-order chi connectivity index (χ1) is 40.1. The number of hydrogen-bond acceptors (Lipinski definition) is 0. The fourth-order valence-electron chi connectivity index (χ4n) is 9.99. The number of halogens is 15. The standard InChI is InChI=1S/3C6H4Cl.C6F5.C6HF4.C6H2F3.3C4H9.3C2H5.12CH3.6Sn/c3*7-6-4-2-1-3-5-6;7-2-1-3(8)5(10)6(11)4(2)9;7-3-1-2-4(8)6(10)5(3)9;7-4-1-5(8)3-6(9)2-4;3*1-3-4-2;3*1-2;;;;;;;;;;;;;;;;;;/h2-5H;1-2,4-5H;1-4H;;1H;1-2H;3*1,3-4H2,2H3;3*1H2,2H3;12*1H3;;;;;;. The van der Waals surface area contributed by atoms with Crippen LogP contribution in [0.25, 0.3) is 0 Å². The average Bonchev–Trinajstić information content (AvgIpc) is 2.02. The van der Waals surface area contributed by atoms with Gasteiger partial charge in [-0.05, 0) is 0 Å². The van der Waals surface area contributed by atoms with E-state index in [9.17, 15) is 52.7 Å². The van der Waals surface area contributed by atoms with Gasteiger partial charge in [-0.3, -0.25) is 0 Å². The molecule has 21 heteroatoms. The molecule has 0 aliphatic heterocycles. The van der Waals surface area contributed by atoms with E-state index in [0.717, 1.165) is 46.6 Å². The van der Waals surface area contributed by atoms with Crippen LogP contribution >= 0.6 is 34.8 Å². The molecule has 0 saturated carbocycles. The van der Waals surface area contributed by atoms with Gasteiger partial charge in [0, 0.05) is 0 Å². The van der Waals surface area contributed by atoms with Crippen molar-refractivity contribution >= 4 is 167 Å². The Labute approximate surface area is 553 Å². The van der Waals surface area contributed by atoms with Crippen molar-refractivity contribution in [2.24, 2.45) is 0 Å². The Kier molecular flexibility index (Phi) is 38.4. The van der Waals surface area contributed by atoms with Gasteiger partial charge in [-0.15, -0.1) is 0 Å². The quantitative estimate of drug-likeness (QED) is 0.0348. The second-order valence-electron chi connectivity index (χ2n) is 26.0. The van der Waals surface area contributed by atoms with E-state index in [1.807, 2.05) is 65.9 Å². The Bertz CT molecular complexity index is 3000. The van der Waals surface area contributed by atoms with Crippen molar-refractivity contribution in [3.63, 3.8) is 0 Å². The first-order valence-corrected chi connectivity index (χ1v) is 86.0. The minimum absolute atomic E-state index is 0.135. The van der Waals surface area contributed by atoms with E-state index < -0.39 is 184 Å². The molecular weight excluding hydrogens is 1840 g/mol. The van der Waals surface area contributed by atoms with E-state index in [1.165, 1.54) is 59.0 Å². The summed E-state index contributed by atoms with van der Waals surface area (Å²) >= 11 is 3.00. The zero-order chi connectivity index (χ0) is 67.2. The summed E-state index contributed by atoms with van der Waals surface area (Å²) in [6.07, 6.45) is 8.23. The van der Waals surface area contributed by atoms with Crippen LogP contribution in [0.3, 0.4) is 0 Å². The molecular formula is C66H93Cl3F12Sn6. The molecule has 0 spiro atoms. The number of hydrogen-bond donors (Lipinski definition) is 0. The molecule has 6 aromatic rings. The number of unbranched alkanes of at least 4 members (excludes halogenated alkanes) is 3. The van der Waals surface area contributed by atoms with Crippen molar-refractivity contribution < 1.29 is 52.7 Å². The summed E-state index contributed by atoms with van der Waals surface area (Å²) in [6.45, 7) is 12.7. The first kappa shape index (κ1) is 85.2. The predicted molar refractivity (Wildman–Crippen MR) is 366 cm³/mol. The molecule has 0 unspecified atom stereocenters. The average molecular weight is 1930 g/mol. The predicted octanol–water partition coefficient (Wildman–Crippen LogP) is 21.7. The molecule has 0 bridgehead atoms. The van der Waals surface area contributed by atoms with Gasteiger partial charge in [-0.25, -0.2) is 0 Å². The molecule has 0 aromatic heterocycles. The molecule has 6 rings (SSSR count). The molecule has 486 valence electrons. The van der Waals surface area contributed by atoms with Gasteiger partial charge in [0.05, 0.1) is 0 Å². The van der Waals surface area contributed by atoms with E-state index >= 15 is 0 Å². The van der Waals surface area contributed by atoms with Crippen molar-refractivity contribution in [2.75, 3.05) is 0 Å². The van der Waals surface area contributed by atoms with Gasteiger partial charge < -0.3 is 0 Å². The third kappa shape index (κ3) is 26.7. The fraction of sp³-hybridized carbons (Fsp3) is 0.455. The summed E-state index contributed by atoms with van der Waals surface area (Å²) in [6, 6.07) is 27.8. The van der Waals surface area contributed by atoms with Gasteiger partial charge in [0.1, 0.15) is 0 Å². The van der Waals surface area contributed by atoms with E-state index in [4.69, 9.17) is 34.8 Å². The van der Waals surface area contributed by atoms with Crippen molar-refractivity contribution in [1.82, 2.24) is 0 Å². The van der Waals surface area contributed by atoms with Gasteiger partial charge in [0.2, 0.25) is 0 Å². The van der Waals surface area contributed by atoms with Gasteiger partial charge in [-0.1, -0.05) is 0 Å². The SMILES string of the molecule is CCC[CH2][Sn]([CH2]CCC)([CH2]CCC)[c]1cccc(Cl)c1.C[CH2][Sn]([CH2]C)([CH2]C)[c]1cc(F)c(F)c(F)c1F.[CH3][Sn]([CH3])([CH3])[c]1c(F)c(F)c(F)c(F)c1F.[CH3][Sn]([CH3])([CH3])[c]1c(F)cc(F)cc1F.[CH3][Sn]([CH3])([CH3])[c]1ccc(Cl)cc1.[CH3][Sn]([CH3])([CH3])[c]1ccccc1Cl. The topological polar surface area (TPSA) is 0 Å². The first-order valence-electron chi connectivity index (χ1n) is 29.9. The molecule has 0 aliphatic rings. The molecule has 0 heterocycles. The van der Waals surface area contributed by atoms with Crippen LogP contribution in [0.2, 0.25) is 101 Å². The molecule has 0 aliphatic carbocycles. The van der Waals surface area contributed by atoms with E-state index in [2.05, 4.69) is 92.9 Å². The van der Waals surface area contributed by atoms with Crippen molar-refractivity contribution in [3.8, 4) is 0 Å². The Morgan fingerprint density at radius 1 is 0.322 bits per heavy atom. The van der Waals surface area contributed by atoms with Crippen LogP contribution in [0.5, 0.6) is 0 Å². The molecule has 87 heavy (non-hydrogen) atoms. The fourth-order valence-corrected chi connectivity index (χ4v) is 55.3. The van der Waals surface area contributed by atoms with Crippen LogP contribution < -0.4 is 21.5 Å². The van der Waals surface area contributed by atoms with Crippen molar-refractivity contribution in [3.05, 3.63) is 176 Å². The molecule has 0 radical (unpaired) electrons. The van der Waals surface area contributed by atoms with Gasteiger partial charge in [0.25, 0.3) is 0 Å². The second kappa shape index (κ2) is 39.2. The molecule has 0 fully saturated rings. The van der Waals surface area contributed by atoms with Crippen molar-refractivity contribution in [1.29, 1.82) is 0 Å². The Morgan fingerprint density at radius 3 is 1.09 bits per heavy atom. The summed E-state index contributed by atoms with van der Waals surface area (Å²) in [5.74, 6) is -17.3. The second-order valence-corrected chi connectivity index (χ2v) is 113. The van der Waals surface area contributed by atoms with E-state index in [1.54, 1.807) is 18.4 Å². The van der Waals surface area contributed by atoms with Gasteiger partial charge >= 0.3 is 561 Å². The number of benzene rings is 6. The van der Waals surface area contributed by atoms with Gasteiger partial charge in [0.15, 0.2) is 0 Å². The van der Waals surface area contributed by atoms with Gasteiger partial charge in [-0.2, -0.15) is 0 Å². The normalized spacial score (nSPS) is 11.8. The monoisotopic (exact) mass is 1940 g/mol. The van der Waals surface area contributed by atoms with Crippen LogP contribution in [0.1, 0.15) is 80.1 Å². The molecule has 6 aromatic carbocycles. The zero-order valence-corrected chi connectivity index (χ0v) is 73.7. The molecule has 0 N–H and O–H groups in total. The number of rotatable bonds is 18. The third-order valence-electron chi connectivity index (χ3n) is 15.3.